The Bertz CT molecular complexity index is 1030. The van der Waals surface area contributed by atoms with Gasteiger partial charge < -0.3 is 15.0 Å². The predicted octanol–water partition coefficient (Wildman–Crippen LogP) is 4.76. The molecule has 0 spiro atoms. The van der Waals surface area contributed by atoms with Crippen molar-refractivity contribution in [3.63, 3.8) is 0 Å². The Morgan fingerprint density at radius 3 is 2.00 bits per heavy atom. The Kier molecular flexibility index (Phi) is 8.33. The van der Waals surface area contributed by atoms with Crippen LogP contribution in [-0.2, 0) is 22.6 Å². The SMILES string of the molecule is O=C(NC1CCCC1)[C@H](Cc1ccccc1)N(Cc1ccccc1)C(=O)COc1ccccc1. The third-order valence-electron chi connectivity index (χ3n) is 6.27. The van der Waals surface area contributed by atoms with Gasteiger partial charge in [-0.1, -0.05) is 91.7 Å². The quantitative estimate of drug-likeness (QED) is 0.478. The Balaban J connectivity index is 1.59. The smallest absolute Gasteiger partial charge is 0.261 e. The van der Waals surface area contributed by atoms with Crippen LogP contribution in [-0.4, -0.2) is 35.4 Å². The number of nitrogens with zero attached hydrogens (tertiary/aromatic N) is 1. The molecule has 0 radical (unpaired) electrons. The van der Waals surface area contributed by atoms with Crippen molar-refractivity contribution in [2.45, 2.75) is 50.7 Å². The molecule has 1 atom stereocenters. The summed E-state index contributed by atoms with van der Waals surface area (Å²) in [6, 6.07) is 28.5. The van der Waals surface area contributed by atoms with Gasteiger partial charge in [0.1, 0.15) is 11.8 Å². The third-order valence-corrected chi connectivity index (χ3v) is 6.27. The van der Waals surface area contributed by atoms with E-state index in [-0.39, 0.29) is 24.5 Å². The molecule has 0 aliphatic heterocycles. The molecular weight excluding hydrogens is 424 g/mol. The predicted molar refractivity (Wildman–Crippen MR) is 133 cm³/mol. The summed E-state index contributed by atoms with van der Waals surface area (Å²) in [5, 5.41) is 3.22. The molecule has 1 saturated carbocycles. The molecule has 5 nitrogen and oxygen atoms in total. The van der Waals surface area contributed by atoms with Gasteiger partial charge in [-0.2, -0.15) is 0 Å². The number of nitrogens with one attached hydrogen (secondary N) is 1. The molecule has 0 aromatic heterocycles. The van der Waals surface area contributed by atoms with Crippen LogP contribution in [0, 0.1) is 0 Å². The summed E-state index contributed by atoms with van der Waals surface area (Å²) < 4.78 is 5.78. The van der Waals surface area contributed by atoms with Crippen LogP contribution < -0.4 is 10.1 Å². The van der Waals surface area contributed by atoms with Gasteiger partial charge in [-0.25, -0.2) is 0 Å². The van der Waals surface area contributed by atoms with Crippen molar-refractivity contribution in [1.82, 2.24) is 10.2 Å². The molecule has 1 aliphatic carbocycles. The fourth-order valence-electron chi connectivity index (χ4n) is 4.45. The summed E-state index contributed by atoms with van der Waals surface area (Å²) in [6.45, 7) is 0.215. The molecular formula is C29H32N2O3. The number of carbonyl (C=O) groups excluding carboxylic acids is 2. The summed E-state index contributed by atoms with van der Waals surface area (Å²) in [6.07, 6.45) is 4.70. The molecule has 1 N–H and O–H groups in total. The highest BCUT2D eigenvalue weighted by atomic mass is 16.5. The van der Waals surface area contributed by atoms with Crippen LogP contribution in [0.25, 0.3) is 0 Å². The zero-order valence-electron chi connectivity index (χ0n) is 19.4. The van der Waals surface area contributed by atoms with Gasteiger partial charge in [0.05, 0.1) is 0 Å². The maximum absolute atomic E-state index is 13.6. The largest absolute Gasteiger partial charge is 0.484 e. The Labute approximate surface area is 201 Å². The van der Waals surface area contributed by atoms with Crippen LogP contribution >= 0.6 is 0 Å². The lowest BCUT2D eigenvalue weighted by atomic mass is 10.0. The van der Waals surface area contributed by atoms with E-state index in [1.807, 2.05) is 91.0 Å². The van der Waals surface area contributed by atoms with Crippen molar-refractivity contribution < 1.29 is 14.3 Å². The van der Waals surface area contributed by atoms with E-state index in [2.05, 4.69) is 5.32 Å². The lowest BCUT2D eigenvalue weighted by Crippen LogP contribution is -2.53. The van der Waals surface area contributed by atoms with Crippen LogP contribution in [0.3, 0.4) is 0 Å². The lowest BCUT2D eigenvalue weighted by molar-refractivity contribution is -0.143. The van der Waals surface area contributed by atoms with E-state index in [9.17, 15) is 9.59 Å². The van der Waals surface area contributed by atoms with Crippen molar-refractivity contribution >= 4 is 11.8 Å². The van der Waals surface area contributed by atoms with Crippen molar-refractivity contribution in [1.29, 1.82) is 0 Å². The molecule has 0 bridgehead atoms. The fraction of sp³-hybridized carbons (Fsp3) is 0.310. The third kappa shape index (κ3) is 6.70. The van der Waals surface area contributed by atoms with Crippen molar-refractivity contribution in [3.8, 4) is 5.75 Å². The molecule has 1 aliphatic rings. The Morgan fingerprint density at radius 1 is 0.824 bits per heavy atom. The van der Waals surface area contributed by atoms with E-state index in [4.69, 9.17) is 4.74 Å². The average Bonchev–Trinajstić information content (AvgIpc) is 3.39. The van der Waals surface area contributed by atoms with E-state index in [1.165, 1.54) is 0 Å². The van der Waals surface area contributed by atoms with Crippen LogP contribution in [0.4, 0.5) is 0 Å². The normalized spacial score (nSPS) is 14.4. The van der Waals surface area contributed by atoms with E-state index in [0.29, 0.717) is 18.7 Å². The molecule has 0 saturated heterocycles. The van der Waals surface area contributed by atoms with Crippen LogP contribution in [0.2, 0.25) is 0 Å². The minimum Gasteiger partial charge on any atom is -0.484 e. The van der Waals surface area contributed by atoms with Gasteiger partial charge in [0, 0.05) is 19.0 Å². The van der Waals surface area contributed by atoms with Crippen molar-refractivity contribution in [2.24, 2.45) is 0 Å². The molecule has 2 amide bonds. The number of rotatable bonds is 10. The molecule has 0 unspecified atom stereocenters. The summed E-state index contributed by atoms with van der Waals surface area (Å²) in [5.74, 6) is 0.320. The summed E-state index contributed by atoms with van der Waals surface area (Å²) in [7, 11) is 0. The zero-order chi connectivity index (χ0) is 23.6. The highest BCUT2D eigenvalue weighted by molar-refractivity contribution is 5.88. The van der Waals surface area contributed by atoms with Gasteiger partial charge in [0.2, 0.25) is 5.91 Å². The van der Waals surface area contributed by atoms with Crippen molar-refractivity contribution in [2.75, 3.05) is 6.61 Å². The number of ether oxygens (including phenoxy) is 1. The second-order valence-electron chi connectivity index (χ2n) is 8.80. The minimum atomic E-state index is -0.630. The van der Waals surface area contributed by atoms with Gasteiger partial charge in [0.15, 0.2) is 6.61 Å². The van der Waals surface area contributed by atoms with E-state index in [1.54, 1.807) is 4.90 Å². The molecule has 34 heavy (non-hydrogen) atoms. The zero-order valence-corrected chi connectivity index (χ0v) is 19.4. The van der Waals surface area contributed by atoms with Gasteiger partial charge in [-0.15, -0.1) is 0 Å². The molecule has 176 valence electrons. The number of benzene rings is 3. The van der Waals surface area contributed by atoms with E-state index < -0.39 is 6.04 Å². The number of amides is 2. The first-order valence-corrected chi connectivity index (χ1v) is 12.0. The monoisotopic (exact) mass is 456 g/mol. The van der Waals surface area contributed by atoms with Crippen LogP contribution in [0.15, 0.2) is 91.0 Å². The highest BCUT2D eigenvalue weighted by Crippen LogP contribution is 2.20. The van der Waals surface area contributed by atoms with E-state index in [0.717, 1.165) is 36.8 Å². The molecule has 0 heterocycles. The Hall–Kier alpha value is -3.60. The summed E-state index contributed by atoms with van der Waals surface area (Å²) in [5.41, 5.74) is 1.99. The highest BCUT2D eigenvalue weighted by Gasteiger charge is 2.32. The van der Waals surface area contributed by atoms with E-state index >= 15 is 0 Å². The van der Waals surface area contributed by atoms with Crippen LogP contribution in [0.5, 0.6) is 5.75 Å². The number of hydrogen-bond acceptors (Lipinski definition) is 3. The number of hydrogen-bond donors (Lipinski definition) is 1. The second kappa shape index (κ2) is 12.0. The topological polar surface area (TPSA) is 58.6 Å². The van der Waals surface area contributed by atoms with Crippen LogP contribution in [0.1, 0.15) is 36.8 Å². The molecule has 5 heteroatoms. The van der Waals surface area contributed by atoms with Crippen molar-refractivity contribution in [3.05, 3.63) is 102 Å². The maximum atomic E-state index is 13.6. The minimum absolute atomic E-state index is 0.0975. The Morgan fingerprint density at radius 2 is 1.38 bits per heavy atom. The van der Waals surface area contributed by atoms with Gasteiger partial charge in [-0.05, 0) is 36.1 Å². The van der Waals surface area contributed by atoms with Gasteiger partial charge in [0.25, 0.3) is 5.91 Å². The first-order chi connectivity index (χ1) is 16.7. The number of carbonyl (C=O) groups is 2. The lowest BCUT2D eigenvalue weighted by Gasteiger charge is -2.32. The first kappa shape index (κ1) is 23.6. The molecule has 3 aromatic rings. The molecule has 4 rings (SSSR count). The first-order valence-electron chi connectivity index (χ1n) is 12.0. The molecule has 3 aromatic carbocycles. The van der Waals surface area contributed by atoms with Gasteiger partial charge >= 0.3 is 0 Å². The van der Waals surface area contributed by atoms with Gasteiger partial charge in [-0.3, -0.25) is 9.59 Å². The average molecular weight is 457 g/mol. The summed E-state index contributed by atoms with van der Waals surface area (Å²) in [4.78, 5) is 28.8. The fourth-order valence-corrected chi connectivity index (χ4v) is 4.45. The number of para-hydroxylation sites is 1. The molecule has 1 fully saturated rings. The second-order valence-corrected chi connectivity index (χ2v) is 8.80. The summed E-state index contributed by atoms with van der Waals surface area (Å²) >= 11 is 0. The standard InChI is InChI=1S/C29H32N2O3/c32-28(22-34-26-18-8-3-9-19-26)31(21-24-14-6-2-7-15-24)27(20-23-12-4-1-5-13-23)29(33)30-25-16-10-11-17-25/h1-9,12-15,18-19,25,27H,10-11,16-17,20-22H2,(H,30,33)/t27-/m0/s1. The maximum Gasteiger partial charge on any atom is 0.261 e.